The molecule has 0 aliphatic carbocycles. The Morgan fingerprint density at radius 2 is 1.76 bits per heavy atom. The van der Waals surface area contributed by atoms with Gasteiger partial charge in [-0.25, -0.2) is 4.39 Å². The number of rotatable bonds is 5. The summed E-state index contributed by atoms with van der Waals surface area (Å²) in [4.78, 5) is 11.3. The number of hydrogen-bond donors (Lipinski definition) is 1. The lowest BCUT2D eigenvalue weighted by Crippen LogP contribution is -2.33. The highest BCUT2D eigenvalue weighted by molar-refractivity contribution is 5.82. The lowest BCUT2D eigenvalue weighted by molar-refractivity contribution is -0.127. The van der Waals surface area contributed by atoms with E-state index in [1.807, 2.05) is 5.32 Å². The number of carbonyl (C=O) groups is 1. The van der Waals surface area contributed by atoms with Gasteiger partial charge < -0.3 is 5.32 Å². The zero-order chi connectivity index (χ0) is 12.9. The van der Waals surface area contributed by atoms with Crippen LogP contribution in [-0.4, -0.2) is 25.0 Å². The molecular weight excluding hydrogens is 238 g/mol. The van der Waals surface area contributed by atoms with E-state index < -0.39 is 18.5 Å². The second-order valence-corrected chi connectivity index (χ2v) is 3.56. The van der Waals surface area contributed by atoms with E-state index in [0.717, 1.165) is 0 Å². The van der Waals surface area contributed by atoms with Crippen molar-refractivity contribution in [3.63, 3.8) is 0 Å². The maximum Gasteiger partial charge on any atom is 0.401 e. The van der Waals surface area contributed by atoms with Crippen molar-refractivity contribution >= 4 is 5.78 Å². The van der Waals surface area contributed by atoms with Crippen molar-refractivity contribution in [1.82, 2.24) is 5.32 Å². The Bertz CT molecular complexity index is 372. The predicted molar refractivity (Wildman–Crippen MR) is 54.0 cm³/mol. The van der Waals surface area contributed by atoms with Crippen LogP contribution < -0.4 is 5.32 Å². The van der Waals surface area contributed by atoms with Crippen LogP contribution in [0.3, 0.4) is 0 Å². The first-order valence-corrected chi connectivity index (χ1v) is 4.90. The summed E-state index contributed by atoms with van der Waals surface area (Å²) in [6, 6.07) is 5.26. The van der Waals surface area contributed by atoms with Crippen molar-refractivity contribution in [3.05, 3.63) is 35.6 Å². The zero-order valence-corrected chi connectivity index (χ0v) is 8.85. The van der Waals surface area contributed by atoms with E-state index in [0.29, 0.717) is 5.56 Å². The molecule has 0 atom stereocenters. The van der Waals surface area contributed by atoms with Crippen LogP contribution in [0.4, 0.5) is 17.6 Å². The maximum atomic E-state index is 12.5. The van der Waals surface area contributed by atoms with Crippen molar-refractivity contribution in [3.8, 4) is 0 Å². The summed E-state index contributed by atoms with van der Waals surface area (Å²) in [6.07, 6.45) is -4.33. The summed E-state index contributed by atoms with van der Waals surface area (Å²) in [5.41, 5.74) is 0.574. The van der Waals surface area contributed by atoms with Gasteiger partial charge in [0.25, 0.3) is 0 Å². The summed E-state index contributed by atoms with van der Waals surface area (Å²) in [6.45, 7) is -1.54. The molecule has 0 aromatic heterocycles. The molecule has 0 spiro atoms. The Morgan fingerprint density at radius 3 is 2.29 bits per heavy atom. The lowest BCUT2D eigenvalue weighted by Gasteiger charge is -2.07. The lowest BCUT2D eigenvalue weighted by atomic mass is 10.1. The van der Waals surface area contributed by atoms with Gasteiger partial charge in [-0.1, -0.05) is 12.1 Å². The largest absolute Gasteiger partial charge is 0.401 e. The van der Waals surface area contributed by atoms with Crippen LogP contribution in [0.5, 0.6) is 0 Å². The number of hydrogen-bond acceptors (Lipinski definition) is 2. The van der Waals surface area contributed by atoms with E-state index in [2.05, 4.69) is 0 Å². The molecule has 0 saturated heterocycles. The van der Waals surface area contributed by atoms with Gasteiger partial charge in [-0.3, -0.25) is 4.79 Å². The fourth-order valence-electron chi connectivity index (χ4n) is 1.24. The third kappa shape index (κ3) is 6.01. The fourth-order valence-corrected chi connectivity index (χ4v) is 1.24. The maximum absolute atomic E-state index is 12.5. The van der Waals surface area contributed by atoms with Gasteiger partial charge in [0, 0.05) is 6.42 Å². The number of alkyl halides is 3. The minimum atomic E-state index is -4.32. The summed E-state index contributed by atoms with van der Waals surface area (Å²) < 4.78 is 47.8. The van der Waals surface area contributed by atoms with Gasteiger partial charge in [-0.15, -0.1) is 0 Å². The number of benzene rings is 1. The molecule has 0 unspecified atom stereocenters. The molecule has 1 aromatic carbocycles. The number of halogens is 4. The van der Waals surface area contributed by atoms with Gasteiger partial charge in [-0.2, -0.15) is 13.2 Å². The normalized spacial score (nSPS) is 11.5. The first-order valence-electron chi connectivity index (χ1n) is 4.90. The summed E-state index contributed by atoms with van der Waals surface area (Å²) in [7, 11) is 0. The Hall–Kier alpha value is -1.43. The molecule has 1 aromatic rings. The van der Waals surface area contributed by atoms with Gasteiger partial charge in [-0.05, 0) is 17.7 Å². The first-order chi connectivity index (χ1) is 7.87. The highest BCUT2D eigenvalue weighted by Crippen LogP contribution is 2.12. The van der Waals surface area contributed by atoms with E-state index in [1.165, 1.54) is 24.3 Å². The number of carbonyl (C=O) groups excluding carboxylic acids is 1. The van der Waals surface area contributed by atoms with E-state index in [9.17, 15) is 22.4 Å². The van der Waals surface area contributed by atoms with Crippen molar-refractivity contribution in [2.45, 2.75) is 12.6 Å². The van der Waals surface area contributed by atoms with Gasteiger partial charge in [0.05, 0.1) is 13.1 Å². The SMILES string of the molecule is O=C(CNCC(F)(F)F)Cc1ccc(F)cc1. The average Bonchev–Trinajstić information content (AvgIpc) is 2.19. The fraction of sp³-hybridized carbons (Fsp3) is 0.364. The molecule has 17 heavy (non-hydrogen) atoms. The Balaban J connectivity index is 2.32. The molecule has 0 aliphatic rings. The predicted octanol–water partition coefficient (Wildman–Crippen LogP) is 2.09. The quantitative estimate of drug-likeness (QED) is 0.809. The first kappa shape index (κ1) is 13.6. The third-order valence-corrected chi connectivity index (χ3v) is 1.96. The van der Waals surface area contributed by atoms with E-state index in [1.54, 1.807) is 0 Å². The Morgan fingerprint density at radius 1 is 1.18 bits per heavy atom. The van der Waals surface area contributed by atoms with E-state index >= 15 is 0 Å². The minimum absolute atomic E-state index is 0.00879. The molecule has 1 N–H and O–H groups in total. The summed E-state index contributed by atoms with van der Waals surface area (Å²) >= 11 is 0. The van der Waals surface area contributed by atoms with Crippen LogP contribution in [0.2, 0.25) is 0 Å². The van der Waals surface area contributed by atoms with Crippen LogP contribution in [0.25, 0.3) is 0 Å². The molecule has 0 fully saturated rings. The molecule has 6 heteroatoms. The topological polar surface area (TPSA) is 29.1 Å². The molecule has 0 bridgehead atoms. The summed E-state index contributed by atoms with van der Waals surface area (Å²) in [5, 5.41) is 2.01. The van der Waals surface area contributed by atoms with Crippen molar-refractivity contribution in [1.29, 1.82) is 0 Å². The van der Waals surface area contributed by atoms with Gasteiger partial charge in [0.2, 0.25) is 0 Å². The van der Waals surface area contributed by atoms with Gasteiger partial charge >= 0.3 is 6.18 Å². The van der Waals surface area contributed by atoms with Crippen LogP contribution in [0.1, 0.15) is 5.56 Å². The number of nitrogens with one attached hydrogen (secondary N) is 1. The molecule has 0 heterocycles. The monoisotopic (exact) mass is 249 g/mol. The smallest absolute Gasteiger partial charge is 0.302 e. The Labute approximate surface area is 95.6 Å². The van der Waals surface area contributed by atoms with Crippen LogP contribution >= 0.6 is 0 Å². The second-order valence-electron chi connectivity index (χ2n) is 3.56. The standard InChI is InChI=1S/C11H11F4NO/c12-9-3-1-8(2-4-9)5-10(17)6-16-7-11(13,14)15/h1-4,16H,5-7H2. The molecule has 2 nitrogen and oxygen atoms in total. The number of Topliss-reactive ketones (excluding diaryl/α,β-unsaturated/α-hetero) is 1. The van der Waals surface area contributed by atoms with Crippen LogP contribution in [0.15, 0.2) is 24.3 Å². The van der Waals surface area contributed by atoms with Crippen molar-refractivity contribution < 1.29 is 22.4 Å². The molecular formula is C11H11F4NO. The number of ketones is 1. The van der Waals surface area contributed by atoms with E-state index in [4.69, 9.17) is 0 Å². The molecule has 94 valence electrons. The molecule has 0 radical (unpaired) electrons. The highest BCUT2D eigenvalue weighted by Gasteiger charge is 2.26. The highest BCUT2D eigenvalue weighted by atomic mass is 19.4. The minimum Gasteiger partial charge on any atom is -0.302 e. The van der Waals surface area contributed by atoms with Crippen LogP contribution in [-0.2, 0) is 11.2 Å². The van der Waals surface area contributed by atoms with Crippen molar-refractivity contribution in [2.75, 3.05) is 13.1 Å². The molecule has 0 saturated carbocycles. The van der Waals surface area contributed by atoms with Gasteiger partial charge in [0.1, 0.15) is 5.82 Å². The summed E-state index contributed by atoms with van der Waals surface area (Å²) in [5.74, 6) is -0.794. The van der Waals surface area contributed by atoms with E-state index in [-0.39, 0.29) is 18.7 Å². The average molecular weight is 249 g/mol. The Kier molecular flexibility index (Phi) is 4.62. The van der Waals surface area contributed by atoms with Gasteiger partial charge in [0.15, 0.2) is 5.78 Å². The third-order valence-electron chi connectivity index (χ3n) is 1.96. The van der Waals surface area contributed by atoms with Crippen molar-refractivity contribution in [2.24, 2.45) is 0 Å². The molecule has 0 aliphatic heterocycles. The molecule has 0 amide bonds. The van der Waals surface area contributed by atoms with Crippen LogP contribution in [0, 0.1) is 5.82 Å². The second kappa shape index (κ2) is 5.77. The molecule has 1 rings (SSSR count). The zero-order valence-electron chi connectivity index (χ0n) is 8.85.